The van der Waals surface area contributed by atoms with Gasteiger partial charge in [0.2, 0.25) is 23.6 Å². The largest absolute Gasteiger partial charge is 0.497 e. The lowest BCUT2D eigenvalue weighted by molar-refractivity contribution is -0.117. The molecule has 3 heterocycles. The highest BCUT2D eigenvalue weighted by molar-refractivity contribution is 5.97. The summed E-state index contributed by atoms with van der Waals surface area (Å²) in [5.74, 6) is 1.28. The third kappa shape index (κ3) is 8.67. The number of aromatic nitrogens is 2. The Morgan fingerprint density at radius 1 is 0.636 bits per heavy atom. The van der Waals surface area contributed by atoms with Gasteiger partial charge in [-0.2, -0.15) is 0 Å². The second-order valence-electron chi connectivity index (χ2n) is 13.6. The van der Waals surface area contributed by atoms with E-state index in [4.69, 9.17) is 13.9 Å². The van der Waals surface area contributed by atoms with Gasteiger partial charge in [-0.25, -0.2) is 0 Å². The van der Waals surface area contributed by atoms with E-state index in [9.17, 15) is 19.2 Å². The maximum atomic E-state index is 13.2. The maximum absolute atomic E-state index is 13.2. The Balaban J connectivity index is 0.902. The summed E-state index contributed by atoms with van der Waals surface area (Å²) in [7, 11) is 3.12. The summed E-state index contributed by atoms with van der Waals surface area (Å²) in [5.41, 5.74) is 3.65. The fourth-order valence-electron chi connectivity index (χ4n) is 7.18. The van der Waals surface area contributed by atoms with E-state index in [1.165, 1.54) is 0 Å². The average Bonchev–Trinajstić information content (AvgIpc) is 4.00. The number of hydrogen-bond donors (Lipinski definition) is 2. The summed E-state index contributed by atoms with van der Waals surface area (Å²) in [4.78, 5) is 56.0. The molecule has 13 heteroatoms. The molecule has 55 heavy (non-hydrogen) atoms. The number of rotatable bonds is 12. The molecule has 2 aliphatic heterocycles. The number of methoxy groups -OCH3 is 2. The van der Waals surface area contributed by atoms with Crippen molar-refractivity contribution in [3.63, 3.8) is 0 Å². The molecular formula is C42H42N6O7. The van der Waals surface area contributed by atoms with Crippen LogP contribution >= 0.6 is 0 Å². The quantitative estimate of drug-likeness (QED) is 0.142. The van der Waals surface area contributed by atoms with Gasteiger partial charge in [0.1, 0.15) is 11.5 Å². The van der Waals surface area contributed by atoms with Gasteiger partial charge in [-0.3, -0.25) is 19.2 Å². The van der Waals surface area contributed by atoms with Crippen LogP contribution in [0, 0.1) is 0 Å². The van der Waals surface area contributed by atoms with Gasteiger partial charge >= 0.3 is 0 Å². The van der Waals surface area contributed by atoms with E-state index in [1.807, 2.05) is 0 Å². The Morgan fingerprint density at radius 2 is 1.05 bits per heavy atom. The summed E-state index contributed by atoms with van der Waals surface area (Å²) in [6, 6.07) is 27.9. The lowest BCUT2D eigenvalue weighted by atomic mass is 10.1. The van der Waals surface area contributed by atoms with E-state index < -0.39 is 0 Å². The summed E-state index contributed by atoms with van der Waals surface area (Å²) in [6.07, 6.45) is 3.58. The highest BCUT2D eigenvalue weighted by Crippen LogP contribution is 2.29. The first kappa shape index (κ1) is 36.8. The number of hydrogen-bond acceptors (Lipinski definition) is 9. The van der Waals surface area contributed by atoms with E-state index in [-0.39, 0.29) is 48.6 Å². The van der Waals surface area contributed by atoms with Crippen LogP contribution in [0.3, 0.4) is 0 Å². The number of amides is 4. The van der Waals surface area contributed by atoms with Crippen LogP contribution in [0.2, 0.25) is 0 Å². The molecule has 13 nitrogen and oxygen atoms in total. The minimum atomic E-state index is -0.189. The molecule has 4 aromatic carbocycles. The van der Waals surface area contributed by atoms with Crippen LogP contribution in [-0.4, -0.2) is 83.0 Å². The SMILES string of the molecule is COc1cccc(C(=O)N2CCC[C@H]2CC(=O)Nc2ccc(-c3nnc(-c4ccc(NC(=O)C[C@@H]5CCCN5C(=O)c5cccc(OC)c5)cc4)o3)cc2)c1. The zero-order valence-corrected chi connectivity index (χ0v) is 30.7. The minimum absolute atomic E-state index is 0.108. The Hall–Kier alpha value is -6.50. The van der Waals surface area contributed by atoms with Crippen molar-refractivity contribution in [2.24, 2.45) is 0 Å². The van der Waals surface area contributed by atoms with Crippen LogP contribution in [0.15, 0.2) is 101 Å². The predicted octanol–water partition coefficient (Wildman–Crippen LogP) is 6.69. The first-order chi connectivity index (χ1) is 26.8. The van der Waals surface area contributed by atoms with Crippen molar-refractivity contribution >= 4 is 35.0 Å². The summed E-state index contributed by atoms with van der Waals surface area (Å²) in [6.45, 7) is 1.21. The van der Waals surface area contributed by atoms with Gasteiger partial charge in [0.05, 0.1) is 14.2 Å². The van der Waals surface area contributed by atoms with Gasteiger partial charge in [-0.1, -0.05) is 12.1 Å². The number of likely N-dealkylation sites (tertiary alicyclic amines) is 2. The smallest absolute Gasteiger partial charge is 0.254 e. The molecule has 2 atom stereocenters. The molecule has 0 unspecified atom stereocenters. The first-order valence-electron chi connectivity index (χ1n) is 18.3. The van der Waals surface area contributed by atoms with Crippen LogP contribution in [0.25, 0.3) is 22.9 Å². The van der Waals surface area contributed by atoms with Crippen LogP contribution in [-0.2, 0) is 9.59 Å². The molecular weight excluding hydrogens is 700 g/mol. The van der Waals surface area contributed by atoms with Crippen molar-refractivity contribution in [1.29, 1.82) is 0 Å². The third-order valence-electron chi connectivity index (χ3n) is 10.0. The van der Waals surface area contributed by atoms with E-state index in [2.05, 4.69) is 20.8 Å². The van der Waals surface area contributed by atoms with Crippen molar-refractivity contribution in [1.82, 2.24) is 20.0 Å². The highest BCUT2D eigenvalue weighted by atomic mass is 16.5. The molecule has 2 saturated heterocycles. The van der Waals surface area contributed by atoms with Crippen molar-refractivity contribution in [3.05, 3.63) is 108 Å². The molecule has 282 valence electrons. The Morgan fingerprint density at radius 3 is 1.45 bits per heavy atom. The lowest BCUT2D eigenvalue weighted by Gasteiger charge is -2.24. The number of benzene rings is 4. The predicted molar refractivity (Wildman–Crippen MR) is 206 cm³/mol. The fourth-order valence-corrected chi connectivity index (χ4v) is 7.18. The van der Waals surface area contributed by atoms with Crippen molar-refractivity contribution in [3.8, 4) is 34.4 Å². The summed E-state index contributed by atoms with van der Waals surface area (Å²) >= 11 is 0. The highest BCUT2D eigenvalue weighted by Gasteiger charge is 2.32. The second-order valence-corrected chi connectivity index (χ2v) is 13.6. The molecule has 5 aromatic rings. The average molecular weight is 743 g/mol. The van der Waals surface area contributed by atoms with Crippen molar-refractivity contribution < 1.29 is 33.1 Å². The molecule has 2 aliphatic rings. The molecule has 0 saturated carbocycles. The van der Waals surface area contributed by atoms with Gasteiger partial charge in [-0.05, 0) is 111 Å². The topological polar surface area (TPSA) is 156 Å². The Kier molecular flexibility index (Phi) is 11.2. The normalized spacial score (nSPS) is 16.5. The number of ether oxygens (including phenoxy) is 2. The van der Waals surface area contributed by atoms with E-state index in [0.717, 1.165) is 25.7 Å². The van der Waals surface area contributed by atoms with Gasteiger partial charge < -0.3 is 34.3 Å². The number of anilines is 2. The van der Waals surface area contributed by atoms with Crippen LogP contribution < -0.4 is 20.1 Å². The molecule has 7 rings (SSSR count). The zero-order valence-electron chi connectivity index (χ0n) is 30.7. The molecule has 0 bridgehead atoms. The molecule has 0 spiro atoms. The molecule has 4 amide bonds. The van der Waals surface area contributed by atoms with Crippen LogP contribution in [0.1, 0.15) is 59.2 Å². The number of nitrogens with one attached hydrogen (secondary N) is 2. The zero-order chi connectivity index (χ0) is 38.3. The monoisotopic (exact) mass is 742 g/mol. The van der Waals surface area contributed by atoms with Crippen molar-refractivity contribution in [2.45, 2.75) is 50.6 Å². The minimum Gasteiger partial charge on any atom is -0.497 e. The molecule has 2 fully saturated rings. The number of nitrogens with zero attached hydrogens (tertiary/aromatic N) is 4. The fraction of sp³-hybridized carbons (Fsp3) is 0.286. The number of carbonyl (C=O) groups is 4. The molecule has 2 N–H and O–H groups in total. The summed E-state index contributed by atoms with van der Waals surface area (Å²) in [5, 5.41) is 14.3. The summed E-state index contributed by atoms with van der Waals surface area (Å²) < 4.78 is 16.5. The molecule has 0 radical (unpaired) electrons. The van der Waals surface area contributed by atoms with Crippen LogP contribution in [0.4, 0.5) is 11.4 Å². The van der Waals surface area contributed by atoms with E-state index >= 15 is 0 Å². The number of carbonyl (C=O) groups excluding carboxylic acids is 4. The van der Waals surface area contributed by atoms with Crippen LogP contribution in [0.5, 0.6) is 11.5 Å². The molecule has 0 aliphatic carbocycles. The van der Waals surface area contributed by atoms with E-state index in [1.54, 1.807) is 121 Å². The van der Waals surface area contributed by atoms with Gasteiger partial charge in [0.15, 0.2) is 0 Å². The van der Waals surface area contributed by atoms with E-state index in [0.29, 0.717) is 70.0 Å². The third-order valence-corrected chi connectivity index (χ3v) is 10.0. The van der Waals surface area contributed by atoms with Gasteiger partial charge in [-0.15, -0.1) is 10.2 Å². The van der Waals surface area contributed by atoms with Gasteiger partial charge in [0.25, 0.3) is 11.8 Å². The lowest BCUT2D eigenvalue weighted by Crippen LogP contribution is -2.37. The first-order valence-corrected chi connectivity index (χ1v) is 18.3. The van der Waals surface area contributed by atoms with Gasteiger partial charge in [0, 0.05) is 71.6 Å². The maximum Gasteiger partial charge on any atom is 0.254 e. The Labute approximate surface area is 318 Å². The standard InChI is InChI=1S/C42H42N6O7/c1-53-35-11-3-7-29(23-35)41(51)47-21-5-9-33(47)25-37(49)43-31-17-13-27(14-18-31)39-45-46-40(55-39)28-15-19-32(20-16-28)44-38(50)26-34-10-6-22-48(34)42(52)30-8-4-12-36(24-30)54-2/h3-4,7-8,11-20,23-24,33-34H,5-6,9-10,21-22,25-26H2,1-2H3,(H,43,49)(H,44,50)/t33-,34-/m0/s1. The molecule has 1 aromatic heterocycles. The Bertz CT molecular complexity index is 2020. The second kappa shape index (κ2) is 16.7. The van der Waals surface area contributed by atoms with Crippen molar-refractivity contribution in [2.75, 3.05) is 37.9 Å².